The van der Waals surface area contributed by atoms with Gasteiger partial charge in [-0.2, -0.15) is 0 Å². The van der Waals surface area contributed by atoms with Crippen molar-refractivity contribution in [2.75, 3.05) is 23.3 Å². The first-order valence-electron chi connectivity index (χ1n) is 9.59. The van der Waals surface area contributed by atoms with Gasteiger partial charge in [0.25, 0.3) is 5.91 Å². The maximum absolute atomic E-state index is 12.3. The third-order valence-electron chi connectivity index (χ3n) is 4.94. The van der Waals surface area contributed by atoms with Crippen molar-refractivity contribution in [3.63, 3.8) is 0 Å². The average Bonchev–Trinajstić information content (AvgIpc) is 3.16. The molecular weight excluding hydrogens is 364 g/mol. The Bertz CT molecular complexity index is 1000. The number of aromatic nitrogens is 1. The van der Waals surface area contributed by atoms with E-state index >= 15 is 0 Å². The Labute approximate surface area is 169 Å². The molecule has 0 fully saturated rings. The number of fused-ring (bicyclic) bond motifs is 1. The summed E-state index contributed by atoms with van der Waals surface area (Å²) in [4.78, 5) is 30.7. The molecule has 2 amide bonds. The lowest BCUT2D eigenvalue weighted by molar-refractivity contribution is -0.119. The second kappa shape index (κ2) is 8.56. The number of nitrogens with one attached hydrogen (secondary N) is 2. The van der Waals surface area contributed by atoms with Crippen LogP contribution in [0.4, 0.5) is 11.4 Å². The quantitative estimate of drug-likeness (QED) is 0.683. The highest BCUT2D eigenvalue weighted by Crippen LogP contribution is 2.26. The molecule has 2 N–H and O–H groups in total. The van der Waals surface area contributed by atoms with Crippen LogP contribution in [0.3, 0.4) is 0 Å². The molecule has 0 atom stereocenters. The molecule has 1 aliphatic rings. The molecule has 2 aromatic carbocycles. The molecule has 0 aliphatic carbocycles. The molecule has 0 saturated heterocycles. The molecule has 0 radical (unpaired) electrons. The van der Waals surface area contributed by atoms with Crippen LogP contribution in [0, 0.1) is 0 Å². The number of pyridine rings is 1. The highest BCUT2D eigenvalue weighted by molar-refractivity contribution is 6.04. The monoisotopic (exact) mass is 386 g/mol. The van der Waals surface area contributed by atoms with E-state index in [2.05, 4.69) is 32.7 Å². The highest BCUT2D eigenvalue weighted by atomic mass is 16.2. The molecule has 0 bridgehead atoms. The molecular formula is C23H22N4O2. The molecule has 1 aliphatic heterocycles. The van der Waals surface area contributed by atoms with Crippen molar-refractivity contribution >= 4 is 23.2 Å². The van der Waals surface area contributed by atoms with E-state index in [1.165, 1.54) is 5.56 Å². The SMILES string of the molecule is O=C(CN1CCc2ccccc21)NCc1ccc(C(=O)Nc2cccnc2)cc1. The van der Waals surface area contributed by atoms with Crippen molar-refractivity contribution < 1.29 is 9.59 Å². The molecule has 29 heavy (non-hydrogen) atoms. The van der Waals surface area contributed by atoms with Crippen LogP contribution in [-0.4, -0.2) is 29.9 Å². The van der Waals surface area contributed by atoms with Gasteiger partial charge < -0.3 is 15.5 Å². The van der Waals surface area contributed by atoms with Gasteiger partial charge in [0.15, 0.2) is 0 Å². The van der Waals surface area contributed by atoms with Gasteiger partial charge in [0.2, 0.25) is 5.91 Å². The van der Waals surface area contributed by atoms with E-state index in [1.54, 1.807) is 36.7 Å². The summed E-state index contributed by atoms with van der Waals surface area (Å²) in [6.07, 6.45) is 4.23. The number of carbonyl (C=O) groups is 2. The Morgan fingerprint density at radius 3 is 2.62 bits per heavy atom. The number of amides is 2. The Kier molecular flexibility index (Phi) is 5.52. The Morgan fingerprint density at radius 2 is 1.83 bits per heavy atom. The van der Waals surface area contributed by atoms with Crippen LogP contribution in [0.15, 0.2) is 73.1 Å². The molecule has 146 valence electrons. The third kappa shape index (κ3) is 4.60. The first kappa shape index (κ1) is 18.7. The summed E-state index contributed by atoms with van der Waals surface area (Å²) in [5, 5.41) is 5.76. The fourth-order valence-electron chi connectivity index (χ4n) is 3.41. The molecule has 1 aromatic heterocycles. The van der Waals surface area contributed by atoms with Crippen LogP contribution < -0.4 is 15.5 Å². The molecule has 4 rings (SSSR count). The summed E-state index contributed by atoms with van der Waals surface area (Å²) in [6, 6.07) is 19.0. The third-order valence-corrected chi connectivity index (χ3v) is 4.94. The summed E-state index contributed by atoms with van der Waals surface area (Å²) in [6.45, 7) is 1.65. The van der Waals surface area contributed by atoms with Crippen molar-refractivity contribution in [3.05, 3.63) is 89.7 Å². The maximum atomic E-state index is 12.3. The van der Waals surface area contributed by atoms with Gasteiger partial charge in [0, 0.05) is 30.5 Å². The molecule has 0 spiro atoms. The summed E-state index contributed by atoms with van der Waals surface area (Å²) < 4.78 is 0. The number of anilines is 2. The lowest BCUT2D eigenvalue weighted by Gasteiger charge is -2.18. The number of benzene rings is 2. The summed E-state index contributed by atoms with van der Waals surface area (Å²) in [7, 11) is 0. The lowest BCUT2D eigenvalue weighted by Crippen LogP contribution is -2.36. The van der Waals surface area contributed by atoms with Crippen LogP contribution in [0.25, 0.3) is 0 Å². The number of rotatable bonds is 6. The second-order valence-electron chi connectivity index (χ2n) is 6.97. The lowest BCUT2D eigenvalue weighted by atomic mass is 10.1. The van der Waals surface area contributed by atoms with Gasteiger partial charge in [-0.3, -0.25) is 14.6 Å². The van der Waals surface area contributed by atoms with Gasteiger partial charge >= 0.3 is 0 Å². The Hall–Kier alpha value is -3.67. The van der Waals surface area contributed by atoms with Crippen molar-refractivity contribution in [2.24, 2.45) is 0 Å². The van der Waals surface area contributed by atoms with Gasteiger partial charge in [0.05, 0.1) is 18.4 Å². The standard InChI is InChI=1S/C23H22N4O2/c28-22(16-27-13-11-18-4-1-2-6-21(18)27)25-14-17-7-9-19(10-8-17)23(29)26-20-5-3-12-24-15-20/h1-10,12,15H,11,13-14,16H2,(H,25,28)(H,26,29). The summed E-state index contributed by atoms with van der Waals surface area (Å²) >= 11 is 0. The predicted octanol–water partition coefficient (Wildman–Crippen LogP) is 3.01. The smallest absolute Gasteiger partial charge is 0.255 e. The van der Waals surface area contributed by atoms with Crippen LogP contribution >= 0.6 is 0 Å². The van der Waals surface area contributed by atoms with Gasteiger partial charge in [-0.1, -0.05) is 30.3 Å². The van der Waals surface area contributed by atoms with E-state index in [0.29, 0.717) is 24.3 Å². The normalized spacial score (nSPS) is 12.3. The number of carbonyl (C=O) groups excluding carboxylic acids is 2. The van der Waals surface area contributed by atoms with Crippen molar-refractivity contribution in [3.8, 4) is 0 Å². The number of para-hydroxylation sites is 1. The minimum absolute atomic E-state index is 0.0138. The van der Waals surface area contributed by atoms with Crippen LogP contribution in [0.2, 0.25) is 0 Å². The zero-order valence-electron chi connectivity index (χ0n) is 16.0. The molecule has 2 heterocycles. The van der Waals surface area contributed by atoms with Gasteiger partial charge in [0.1, 0.15) is 0 Å². The minimum atomic E-state index is -0.193. The molecule has 6 heteroatoms. The van der Waals surface area contributed by atoms with Crippen molar-refractivity contribution in [1.82, 2.24) is 10.3 Å². The van der Waals surface area contributed by atoms with Crippen LogP contribution in [0.1, 0.15) is 21.5 Å². The van der Waals surface area contributed by atoms with E-state index in [0.717, 1.165) is 24.2 Å². The average molecular weight is 386 g/mol. The highest BCUT2D eigenvalue weighted by Gasteiger charge is 2.20. The zero-order chi connectivity index (χ0) is 20.1. The van der Waals surface area contributed by atoms with Gasteiger partial charge in [-0.05, 0) is 47.9 Å². The van der Waals surface area contributed by atoms with E-state index in [1.807, 2.05) is 24.3 Å². The van der Waals surface area contributed by atoms with Gasteiger partial charge in [-0.25, -0.2) is 0 Å². The van der Waals surface area contributed by atoms with Crippen LogP contribution in [-0.2, 0) is 17.8 Å². The Balaban J connectivity index is 1.28. The van der Waals surface area contributed by atoms with Crippen molar-refractivity contribution in [1.29, 1.82) is 0 Å². The van der Waals surface area contributed by atoms with E-state index in [9.17, 15) is 9.59 Å². The van der Waals surface area contributed by atoms with Crippen LogP contribution in [0.5, 0.6) is 0 Å². The second-order valence-corrected chi connectivity index (χ2v) is 6.97. The molecule has 3 aromatic rings. The fraction of sp³-hybridized carbons (Fsp3) is 0.174. The number of nitrogens with zero attached hydrogens (tertiary/aromatic N) is 2. The van der Waals surface area contributed by atoms with E-state index in [4.69, 9.17) is 0 Å². The van der Waals surface area contributed by atoms with Gasteiger partial charge in [-0.15, -0.1) is 0 Å². The number of hydrogen-bond donors (Lipinski definition) is 2. The maximum Gasteiger partial charge on any atom is 0.255 e. The topological polar surface area (TPSA) is 74.3 Å². The first-order chi connectivity index (χ1) is 14.2. The number of hydrogen-bond acceptors (Lipinski definition) is 4. The van der Waals surface area contributed by atoms with Crippen molar-refractivity contribution in [2.45, 2.75) is 13.0 Å². The largest absolute Gasteiger partial charge is 0.362 e. The fourth-order valence-corrected chi connectivity index (χ4v) is 3.41. The summed E-state index contributed by atoms with van der Waals surface area (Å²) in [5.41, 5.74) is 4.58. The first-order valence-corrected chi connectivity index (χ1v) is 9.59. The van der Waals surface area contributed by atoms with E-state index < -0.39 is 0 Å². The zero-order valence-corrected chi connectivity index (χ0v) is 16.0. The minimum Gasteiger partial charge on any atom is -0.362 e. The summed E-state index contributed by atoms with van der Waals surface area (Å²) in [5.74, 6) is -0.207. The molecule has 0 unspecified atom stereocenters. The van der Waals surface area contributed by atoms with E-state index in [-0.39, 0.29) is 11.8 Å². The predicted molar refractivity (Wildman–Crippen MR) is 113 cm³/mol. The molecule has 0 saturated carbocycles. The molecule has 6 nitrogen and oxygen atoms in total. The Morgan fingerprint density at radius 1 is 1.00 bits per heavy atom.